The number of hydrogen-bond acceptors (Lipinski definition) is 6. The molecular weight excluding hydrogens is 264 g/mol. The van der Waals surface area contributed by atoms with E-state index >= 15 is 0 Å². The Kier molecular flexibility index (Phi) is 5.31. The van der Waals surface area contributed by atoms with Crippen LogP contribution in [0.25, 0.3) is 0 Å². The minimum absolute atomic E-state index is 0.283. The van der Waals surface area contributed by atoms with Crippen molar-refractivity contribution >= 4 is 17.6 Å². The molecule has 0 aliphatic carbocycles. The molecule has 0 radical (unpaired) electrons. The summed E-state index contributed by atoms with van der Waals surface area (Å²) in [5.41, 5.74) is 6.81. The first kappa shape index (κ1) is 15.0. The van der Waals surface area contributed by atoms with Crippen LogP contribution in [0.2, 0.25) is 0 Å². The molecule has 0 spiro atoms. The molecule has 0 unspecified atom stereocenters. The summed E-state index contributed by atoms with van der Waals surface area (Å²) in [5.74, 6) is 1.86. The molecule has 2 aromatic heterocycles. The van der Waals surface area contributed by atoms with Gasteiger partial charge < -0.3 is 16.0 Å². The van der Waals surface area contributed by atoms with Gasteiger partial charge in [-0.1, -0.05) is 13.0 Å². The molecule has 0 amide bonds. The highest BCUT2D eigenvalue weighted by Crippen LogP contribution is 2.18. The van der Waals surface area contributed by atoms with Crippen LogP contribution in [0.4, 0.5) is 17.6 Å². The van der Waals surface area contributed by atoms with E-state index in [4.69, 9.17) is 5.73 Å². The van der Waals surface area contributed by atoms with E-state index in [1.807, 2.05) is 24.3 Å². The van der Waals surface area contributed by atoms with Crippen LogP contribution in [0.5, 0.6) is 0 Å². The Balaban J connectivity index is 2.19. The Morgan fingerprint density at radius 3 is 2.76 bits per heavy atom. The van der Waals surface area contributed by atoms with Crippen molar-refractivity contribution in [2.75, 3.05) is 29.0 Å². The fourth-order valence-electron chi connectivity index (χ4n) is 2.00. The predicted molar refractivity (Wildman–Crippen MR) is 86.2 cm³/mol. The third-order valence-electron chi connectivity index (χ3n) is 3.07. The fourth-order valence-corrected chi connectivity index (χ4v) is 2.00. The Morgan fingerprint density at radius 2 is 2.10 bits per heavy atom. The molecule has 3 N–H and O–H groups in total. The summed E-state index contributed by atoms with van der Waals surface area (Å²) in [6.07, 6.45) is 2.83. The van der Waals surface area contributed by atoms with Gasteiger partial charge in [0.2, 0.25) is 5.95 Å². The molecule has 6 heteroatoms. The number of nitrogens with one attached hydrogen (secondary N) is 1. The van der Waals surface area contributed by atoms with Crippen LogP contribution in [0, 0.1) is 0 Å². The Bertz CT molecular complexity index is 557. The minimum atomic E-state index is 0.283. The molecule has 2 rings (SSSR count). The monoisotopic (exact) mass is 286 g/mol. The number of aromatic nitrogens is 3. The molecule has 112 valence electrons. The lowest BCUT2D eigenvalue weighted by Crippen LogP contribution is -2.24. The van der Waals surface area contributed by atoms with E-state index in [0.717, 1.165) is 36.8 Å². The molecule has 0 fully saturated rings. The number of nitrogens with two attached hydrogens (primary N) is 1. The van der Waals surface area contributed by atoms with Crippen LogP contribution in [0.15, 0.2) is 30.5 Å². The zero-order valence-corrected chi connectivity index (χ0v) is 12.6. The largest absolute Gasteiger partial charge is 0.370 e. The van der Waals surface area contributed by atoms with Crippen molar-refractivity contribution in [3.63, 3.8) is 0 Å². The average Bonchev–Trinajstić information content (AvgIpc) is 2.51. The van der Waals surface area contributed by atoms with Gasteiger partial charge in [0.1, 0.15) is 11.6 Å². The third-order valence-corrected chi connectivity index (χ3v) is 3.07. The van der Waals surface area contributed by atoms with E-state index in [2.05, 4.69) is 39.0 Å². The smallest absolute Gasteiger partial charge is 0.223 e. The lowest BCUT2D eigenvalue weighted by Gasteiger charge is -2.22. The van der Waals surface area contributed by atoms with Crippen LogP contribution >= 0.6 is 0 Å². The summed E-state index contributed by atoms with van der Waals surface area (Å²) in [7, 11) is 0. The maximum Gasteiger partial charge on any atom is 0.223 e. The molecule has 0 aromatic carbocycles. The Hall–Kier alpha value is -2.37. The second-order valence-electron chi connectivity index (χ2n) is 4.73. The Morgan fingerprint density at radius 1 is 1.24 bits per heavy atom. The van der Waals surface area contributed by atoms with Gasteiger partial charge in [0, 0.05) is 25.4 Å². The van der Waals surface area contributed by atoms with Gasteiger partial charge in [-0.25, -0.2) is 0 Å². The maximum absolute atomic E-state index is 5.81. The van der Waals surface area contributed by atoms with Crippen LogP contribution < -0.4 is 16.0 Å². The van der Waals surface area contributed by atoms with Crippen molar-refractivity contribution in [2.45, 2.75) is 26.8 Å². The summed E-state index contributed by atoms with van der Waals surface area (Å²) < 4.78 is 0. The highest BCUT2D eigenvalue weighted by atomic mass is 15.2. The molecular formula is C15H22N6. The summed E-state index contributed by atoms with van der Waals surface area (Å²) in [6.45, 7) is 6.57. The summed E-state index contributed by atoms with van der Waals surface area (Å²) in [6, 6.07) is 7.83. The normalized spacial score (nSPS) is 10.4. The van der Waals surface area contributed by atoms with Gasteiger partial charge in [-0.3, -0.25) is 4.98 Å². The second-order valence-corrected chi connectivity index (χ2v) is 4.73. The van der Waals surface area contributed by atoms with Crippen molar-refractivity contribution in [1.29, 1.82) is 0 Å². The van der Waals surface area contributed by atoms with Gasteiger partial charge in [0.25, 0.3) is 0 Å². The number of anilines is 3. The quantitative estimate of drug-likeness (QED) is 0.813. The van der Waals surface area contributed by atoms with Gasteiger partial charge in [-0.15, -0.1) is 0 Å². The van der Waals surface area contributed by atoms with Crippen molar-refractivity contribution < 1.29 is 0 Å². The number of hydrogen-bond donors (Lipinski definition) is 2. The molecule has 0 bridgehead atoms. The van der Waals surface area contributed by atoms with E-state index < -0.39 is 0 Å². The zero-order chi connectivity index (χ0) is 15.1. The van der Waals surface area contributed by atoms with Crippen LogP contribution in [0.1, 0.15) is 26.0 Å². The highest BCUT2D eigenvalue weighted by molar-refractivity contribution is 5.52. The first-order valence-corrected chi connectivity index (χ1v) is 7.26. The van der Waals surface area contributed by atoms with E-state index in [1.165, 1.54) is 0 Å². The number of rotatable bonds is 7. The molecule has 0 aliphatic heterocycles. The van der Waals surface area contributed by atoms with Gasteiger partial charge in [0.05, 0.1) is 12.2 Å². The van der Waals surface area contributed by atoms with E-state index in [0.29, 0.717) is 6.54 Å². The molecule has 21 heavy (non-hydrogen) atoms. The maximum atomic E-state index is 5.81. The standard InChI is InChI=1S/C15H22N6/c1-3-8-18-13-10-14(20-15(16)19-13)21(4-2)11-12-7-5-6-9-17-12/h5-7,9-10H,3-4,8,11H2,1-2H3,(H3,16,18,19,20). The topological polar surface area (TPSA) is 80.0 Å². The average molecular weight is 286 g/mol. The summed E-state index contributed by atoms with van der Waals surface area (Å²) in [5, 5.41) is 3.24. The van der Waals surface area contributed by atoms with Crippen LogP contribution in [-0.4, -0.2) is 28.0 Å². The molecule has 0 saturated heterocycles. The third kappa shape index (κ3) is 4.30. The highest BCUT2D eigenvalue weighted by Gasteiger charge is 2.10. The first-order chi connectivity index (χ1) is 10.2. The van der Waals surface area contributed by atoms with Crippen LogP contribution in [0.3, 0.4) is 0 Å². The van der Waals surface area contributed by atoms with Gasteiger partial charge in [0.15, 0.2) is 0 Å². The molecule has 2 heterocycles. The molecule has 0 atom stereocenters. The van der Waals surface area contributed by atoms with Gasteiger partial charge in [-0.2, -0.15) is 9.97 Å². The molecule has 0 saturated carbocycles. The lowest BCUT2D eigenvalue weighted by molar-refractivity contribution is 0.792. The van der Waals surface area contributed by atoms with E-state index in [9.17, 15) is 0 Å². The van der Waals surface area contributed by atoms with E-state index in [1.54, 1.807) is 6.20 Å². The minimum Gasteiger partial charge on any atom is -0.370 e. The van der Waals surface area contributed by atoms with Gasteiger partial charge >= 0.3 is 0 Å². The summed E-state index contributed by atoms with van der Waals surface area (Å²) >= 11 is 0. The second kappa shape index (κ2) is 7.42. The lowest BCUT2D eigenvalue weighted by atomic mass is 10.3. The van der Waals surface area contributed by atoms with E-state index in [-0.39, 0.29) is 5.95 Å². The van der Waals surface area contributed by atoms with Crippen molar-refractivity contribution in [1.82, 2.24) is 15.0 Å². The Labute approximate surface area is 125 Å². The number of nitrogen functional groups attached to an aromatic ring is 1. The molecule has 0 aliphatic rings. The molecule has 2 aromatic rings. The SMILES string of the molecule is CCCNc1cc(N(CC)Cc2ccccn2)nc(N)n1. The number of pyridine rings is 1. The van der Waals surface area contributed by atoms with Crippen molar-refractivity contribution in [2.24, 2.45) is 0 Å². The molecule has 6 nitrogen and oxygen atoms in total. The fraction of sp³-hybridized carbons (Fsp3) is 0.400. The van der Waals surface area contributed by atoms with Crippen LogP contribution in [-0.2, 0) is 6.54 Å². The van der Waals surface area contributed by atoms with Gasteiger partial charge in [-0.05, 0) is 25.5 Å². The predicted octanol–water partition coefficient (Wildman–Crippen LogP) is 2.30. The van der Waals surface area contributed by atoms with Crippen molar-refractivity contribution in [3.05, 3.63) is 36.2 Å². The number of nitrogens with zero attached hydrogens (tertiary/aromatic N) is 4. The summed E-state index contributed by atoms with van der Waals surface area (Å²) in [4.78, 5) is 15.0. The van der Waals surface area contributed by atoms with Crippen molar-refractivity contribution in [3.8, 4) is 0 Å². The first-order valence-electron chi connectivity index (χ1n) is 7.26. The zero-order valence-electron chi connectivity index (χ0n) is 12.6.